The molecule has 10 heteroatoms. The van der Waals surface area contributed by atoms with Crippen LogP contribution in [0.25, 0.3) is 0 Å². The number of thioether (sulfide) groups is 1. The van der Waals surface area contributed by atoms with Gasteiger partial charge < -0.3 is 14.4 Å². The van der Waals surface area contributed by atoms with Gasteiger partial charge >= 0.3 is 0 Å². The van der Waals surface area contributed by atoms with Crippen LogP contribution in [0.2, 0.25) is 0 Å². The molecule has 8 nitrogen and oxygen atoms in total. The van der Waals surface area contributed by atoms with E-state index < -0.39 is 0 Å². The van der Waals surface area contributed by atoms with Gasteiger partial charge in [0.25, 0.3) is 0 Å². The SMILES string of the molecule is COc1cc2c(cc1OC)C(c1cccs1)N(C(=O)CSc1nnnn1C1CCCC1)CC2. The Morgan fingerprint density at radius 2 is 2.00 bits per heavy atom. The van der Waals surface area contributed by atoms with Gasteiger partial charge in [-0.3, -0.25) is 4.79 Å². The molecule has 174 valence electrons. The van der Waals surface area contributed by atoms with E-state index in [4.69, 9.17) is 9.47 Å². The first-order valence-electron chi connectivity index (χ1n) is 11.2. The van der Waals surface area contributed by atoms with Crippen molar-refractivity contribution in [3.8, 4) is 11.5 Å². The van der Waals surface area contributed by atoms with Gasteiger partial charge in [-0.2, -0.15) is 0 Å². The summed E-state index contributed by atoms with van der Waals surface area (Å²) in [5.41, 5.74) is 2.28. The maximum absolute atomic E-state index is 13.5. The minimum absolute atomic E-state index is 0.0832. The summed E-state index contributed by atoms with van der Waals surface area (Å²) in [6.07, 6.45) is 5.38. The van der Waals surface area contributed by atoms with Crippen molar-refractivity contribution >= 4 is 29.0 Å². The van der Waals surface area contributed by atoms with E-state index in [1.54, 1.807) is 25.6 Å². The molecule has 1 aromatic carbocycles. The fraction of sp³-hybridized carbons (Fsp3) is 0.478. The molecule has 3 heterocycles. The van der Waals surface area contributed by atoms with E-state index in [1.807, 2.05) is 27.8 Å². The van der Waals surface area contributed by atoms with Gasteiger partial charge in [0.15, 0.2) is 11.5 Å². The third-order valence-electron chi connectivity index (χ3n) is 6.46. The molecular formula is C23H27N5O3S2. The smallest absolute Gasteiger partial charge is 0.233 e. The lowest BCUT2D eigenvalue weighted by Crippen LogP contribution is -2.41. The van der Waals surface area contributed by atoms with Gasteiger partial charge in [0.1, 0.15) is 0 Å². The number of nitrogens with zero attached hydrogens (tertiary/aromatic N) is 5. The highest BCUT2D eigenvalue weighted by Crippen LogP contribution is 2.42. The Morgan fingerprint density at radius 1 is 1.21 bits per heavy atom. The molecule has 0 saturated heterocycles. The number of benzene rings is 1. The second-order valence-electron chi connectivity index (χ2n) is 8.29. The van der Waals surface area contributed by atoms with E-state index in [9.17, 15) is 4.79 Å². The van der Waals surface area contributed by atoms with Crippen LogP contribution < -0.4 is 9.47 Å². The summed E-state index contributed by atoms with van der Waals surface area (Å²) in [5.74, 6) is 1.78. The minimum Gasteiger partial charge on any atom is -0.493 e. The number of ether oxygens (including phenoxy) is 2. The summed E-state index contributed by atoms with van der Waals surface area (Å²) in [6.45, 7) is 0.651. The molecular weight excluding hydrogens is 458 g/mol. The molecule has 0 bridgehead atoms. The number of amides is 1. The van der Waals surface area contributed by atoms with Crippen LogP contribution in [0, 0.1) is 0 Å². The van der Waals surface area contributed by atoms with Crippen LogP contribution in [-0.2, 0) is 11.2 Å². The van der Waals surface area contributed by atoms with Crippen LogP contribution in [0.5, 0.6) is 11.5 Å². The third kappa shape index (κ3) is 4.33. The van der Waals surface area contributed by atoms with Crippen molar-refractivity contribution in [2.75, 3.05) is 26.5 Å². The molecule has 1 aliphatic heterocycles. The molecule has 2 aliphatic rings. The number of methoxy groups -OCH3 is 2. The zero-order valence-electron chi connectivity index (χ0n) is 18.8. The number of fused-ring (bicyclic) bond motifs is 1. The van der Waals surface area contributed by atoms with Crippen LogP contribution in [0.15, 0.2) is 34.8 Å². The zero-order chi connectivity index (χ0) is 22.8. The van der Waals surface area contributed by atoms with Gasteiger partial charge in [-0.1, -0.05) is 30.7 Å². The average Bonchev–Trinajstić information content (AvgIpc) is 3.62. The Hall–Kier alpha value is -2.59. The van der Waals surface area contributed by atoms with Gasteiger partial charge in [-0.15, -0.1) is 16.4 Å². The summed E-state index contributed by atoms with van der Waals surface area (Å²) < 4.78 is 13.0. The van der Waals surface area contributed by atoms with Crippen LogP contribution in [0.4, 0.5) is 0 Å². The van der Waals surface area contributed by atoms with Gasteiger partial charge in [-0.25, -0.2) is 4.68 Å². The standard InChI is InChI=1S/C23H27N5O3S2/c1-30-18-12-15-9-10-27(22(20-8-5-11-32-20)17(15)13-19(18)31-2)21(29)14-33-23-24-25-26-28(23)16-6-3-4-7-16/h5,8,11-13,16,22H,3-4,6-7,9-10,14H2,1-2H3. The van der Waals surface area contributed by atoms with Crippen molar-refractivity contribution in [1.82, 2.24) is 25.1 Å². The second-order valence-corrected chi connectivity index (χ2v) is 10.2. The number of carbonyl (C=O) groups is 1. The van der Waals surface area contributed by atoms with Crippen molar-refractivity contribution in [2.24, 2.45) is 0 Å². The molecule has 1 saturated carbocycles. The summed E-state index contributed by atoms with van der Waals surface area (Å²) in [4.78, 5) is 16.6. The first-order chi connectivity index (χ1) is 16.2. The molecule has 1 unspecified atom stereocenters. The van der Waals surface area contributed by atoms with Crippen LogP contribution in [0.3, 0.4) is 0 Å². The second kappa shape index (κ2) is 9.72. The Morgan fingerprint density at radius 3 is 2.73 bits per heavy atom. The molecule has 1 fully saturated rings. The van der Waals surface area contributed by atoms with E-state index in [2.05, 4.69) is 27.0 Å². The Labute approximate surface area is 201 Å². The van der Waals surface area contributed by atoms with Crippen molar-refractivity contribution in [1.29, 1.82) is 0 Å². The highest BCUT2D eigenvalue weighted by Gasteiger charge is 2.34. The third-order valence-corrected chi connectivity index (χ3v) is 8.31. The number of rotatable bonds is 7. The van der Waals surface area contributed by atoms with Gasteiger partial charge in [0.2, 0.25) is 11.1 Å². The Kier molecular flexibility index (Phi) is 6.55. The normalized spacial score (nSPS) is 18.4. The summed E-state index contributed by atoms with van der Waals surface area (Å²) in [7, 11) is 3.29. The van der Waals surface area contributed by atoms with E-state index in [1.165, 1.54) is 30.2 Å². The van der Waals surface area contributed by atoms with E-state index in [-0.39, 0.29) is 11.9 Å². The molecule has 1 amide bonds. The molecule has 5 rings (SSSR count). The van der Waals surface area contributed by atoms with E-state index >= 15 is 0 Å². The molecule has 1 atom stereocenters. The highest BCUT2D eigenvalue weighted by molar-refractivity contribution is 7.99. The Balaban J connectivity index is 1.40. The van der Waals surface area contributed by atoms with Crippen molar-refractivity contribution < 1.29 is 14.3 Å². The Bertz CT molecular complexity index is 1110. The predicted octanol–water partition coefficient (Wildman–Crippen LogP) is 4.13. The van der Waals surface area contributed by atoms with E-state index in [0.29, 0.717) is 24.1 Å². The van der Waals surface area contributed by atoms with Crippen molar-refractivity contribution in [3.63, 3.8) is 0 Å². The lowest BCUT2D eigenvalue weighted by molar-refractivity contribution is -0.130. The van der Waals surface area contributed by atoms with Crippen molar-refractivity contribution in [3.05, 3.63) is 45.6 Å². The molecule has 3 aromatic rings. The fourth-order valence-electron chi connectivity index (χ4n) is 4.84. The van der Waals surface area contributed by atoms with Gasteiger partial charge in [-0.05, 0) is 64.4 Å². The van der Waals surface area contributed by atoms with Crippen LogP contribution in [-0.4, -0.2) is 57.5 Å². The number of tetrazole rings is 1. The lowest BCUT2D eigenvalue weighted by atomic mass is 9.91. The minimum atomic E-state index is -0.146. The summed E-state index contributed by atoms with van der Waals surface area (Å²) in [6, 6.07) is 8.39. The number of hydrogen-bond donors (Lipinski definition) is 0. The predicted molar refractivity (Wildman–Crippen MR) is 127 cm³/mol. The maximum atomic E-state index is 13.5. The fourth-order valence-corrected chi connectivity index (χ4v) is 6.52. The van der Waals surface area contributed by atoms with Gasteiger partial charge in [0.05, 0.1) is 32.1 Å². The molecule has 0 spiro atoms. The van der Waals surface area contributed by atoms with Crippen molar-refractivity contribution in [2.45, 2.75) is 49.3 Å². The average molecular weight is 486 g/mol. The van der Waals surface area contributed by atoms with Crippen LogP contribution >= 0.6 is 23.1 Å². The number of hydrogen-bond acceptors (Lipinski definition) is 8. The van der Waals surface area contributed by atoms with Gasteiger partial charge in [0, 0.05) is 11.4 Å². The first kappa shape index (κ1) is 22.2. The summed E-state index contributed by atoms with van der Waals surface area (Å²) in [5, 5.41) is 15.0. The molecule has 0 N–H and O–H groups in total. The summed E-state index contributed by atoms with van der Waals surface area (Å²) >= 11 is 3.09. The zero-order valence-corrected chi connectivity index (χ0v) is 20.4. The van der Waals surface area contributed by atoms with E-state index in [0.717, 1.165) is 40.6 Å². The number of carbonyl (C=O) groups excluding carboxylic acids is 1. The quantitative estimate of drug-likeness (QED) is 0.465. The molecule has 1 aliphatic carbocycles. The molecule has 2 aromatic heterocycles. The lowest BCUT2D eigenvalue weighted by Gasteiger charge is -2.37. The highest BCUT2D eigenvalue weighted by atomic mass is 32.2. The van der Waals surface area contributed by atoms with Crippen LogP contribution in [0.1, 0.15) is 53.8 Å². The largest absolute Gasteiger partial charge is 0.493 e. The number of thiophene rings is 1. The maximum Gasteiger partial charge on any atom is 0.233 e. The first-order valence-corrected chi connectivity index (χ1v) is 13.0. The molecule has 33 heavy (non-hydrogen) atoms. The molecule has 0 radical (unpaired) electrons. The monoisotopic (exact) mass is 485 g/mol. The topological polar surface area (TPSA) is 82.4 Å². The number of aromatic nitrogens is 4.